The number of hydrogen-bond acceptors (Lipinski definition) is 5. The van der Waals surface area contributed by atoms with Crippen molar-refractivity contribution in [1.29, 1.82) is 0 Å². The summed E-state index contributed by atoms with van der Waals surface area (Å²) in [4.78, 5) is 40.8. The highest BCUT2D eigenvalue weighted by atomic mass is 16.6. The van der Waals surface area contributed by atoms with E-state index < -0.39 is 4.92 Å². The minimum Gasteiger partial charge on any atom is -0.336 e. The molecule has 1 aliphatic heterocycles. The summed E-state index contributed by atoms with van der Waals surface area (Å²) in [5.74, 6) is 0.661. The standard InChI is InChI=1S/C27H34N4O4/c1-19(2)20-7-11-23(12-8-20)28-26(32)25(21-5-3-4-6-21)29-15-17-30(18-16-29)27(33)22-9-13-24(14-10-22)31(34)35/h7-14,19,21,25H,3-6,15-18H2,1-2H3,(H,28,32)/t25-/m0/s1. The third-order valence-electron chi connectivity index (χ3n) is 7.28. The fraction of sp³-hybridized carbons (Fsp3) is 0.481. The van der Waals surface area contributed by atoms with E-state index in [-0.39, 0.29) is 23.5 Å². The van der Waals surface area contributed by atoms with Crippen LogP contribution in [0, 0.1) is 16.0 Å². The van der Waals surface area contributed by atoms with Gasteiger partial charge in [0, 0.05) is 49.6 Å². The molecule has 0 bridgehead atoms. The smallest absolute Gasteiger partial charge is 0.269 e. The molecule has 1 atom stereocenters. The molecular weight excluding hydrogens is 444 g/mol. The van der Waals surface area contributed by atoms with Crippen molar-refractivity contribution >= 4 is 23.2 Å². The second-order valence-electron chi connectivity index (χ2n) is 9.89. The van der Waals surface area contributed by atoms with Crippen LogP contribution in [0.5, 0.6) is 0 Å². The Kier molecular flexibility index (Phi) is 7.80. The van der Waals surface area contributed by atoms with Crippen molar-refractivity contribution in [3.05, 3.63) is 69.8 Å². The largest absolute Gasteiger partial charge is 0.336 e. The van der Waals surface area contributed by atoms with Crippen LogP contribution in [0.15, 0.2) is 48.5 Å². The SMILES string of the molecule is CC(C)c1ccc(NC(=O)[C@H](C2CCCC2)N2CCN(C(=O)c3ccc([N+](=O)[O-])cc3)CC2)cc1. The number of nitro benzene ring substituents is 1. The molecule has 0 spiro atoms. The van der Waals surface area contributed by atoms with E-state index in [2.05, 4.69) is 36.2 Å². The first-order valence-corrected chi connectivity index (χ1v) is 12.5. The number of amides is 2. The van der Waals surface area contributed by atoms with Crippen LogP contribution in [0.25, 0.3) is 0 Å². The number of benzene rings is 2. The summed E-state index contributed by atoms with van der Waals surface area (Å²) < 4.78 is 0. The number of nitrogens with one attached hydrogen (secondary N) is 1. The van der Waals surface area contributed by atoms with Crippen LogP contribution in [-0.2, 0) is 4.79 Å². The molecule has 4 rings (SSSR count). The maximum absolute atomic E-state index is 13.5. The van der Waals surface area contributed by atoms with Gasteiger partial charge < -0.3 is 10.2 Å². The lowest BCUT2D eigenvalue weighted by molar-refractivity contribution is -0.384. The maximum Gasteiger partial charge on any atom is 0.269 e. The molecule has 8 nitrogen and oxygen atoms in total. The number of rotatable bonds is 7. The van der Waals surface area contributed by atoms with Gasteiger partial charge in [0.1, 0.15) is 0 Å². The van der Waals surface area contributed by atoms with E-state index in [1.54, 1.807) is 4.90 Å². The Morgan fingerprint density at radius 3 is 2.09 bits per heavy atom. The van der Waals surface area contributed by atoms with Gasteiger partial charge in [0.15, 0.2) is 0 Å². The topological polar surface area (TPSA) is 95.8 Å². The Labute approximate surface area is 206 Å². The minimum atomic E-state index is -0.472. The average Bonchev–Trinajstić information content (AvgIpc) is 3.39. The number of anilines is 1. The van der Waals surface area contributed by atoms with Crippen LogP contribution in [0.2, 0.25) is 0 Å². The van der Waals surface area contributed by atoms with E-state index in [0.717, 1.165) is 31.4 Å². The molecular formula is C27H34N4O4. The van der Waals surface area contributed by atoms with E-state index in [1.165, 1.54) is 29.8 Å². The molecule has 2 aromatic carbocycles. The van der Waals surface area contributed by atoms with Gasteiger partial charge in [-0.1, -0.05) is 38.8 Å². The lowest BCUT2D eigenvalue weighted by Crippen LogP contribution is -2.56. The molecule has 35 heavy (non-hydrogen) atoms. The number of carbonyl (C=O) groups excluding carboxylic acids is 2. The fourth-order valence-corrected chi connectivity index (χ4v) is 5.23. The quantitative estimate of drug-likeness (QED) is 0.461. The van der Waals surface area contributed by atoms with Gasteiger partial charge in [-0.25, -0.2) is 0 Å². The fourth-order valence-electron chi connectivity index (χ4n) is 5.23. The van der Waals surface area contributed by atoms with Crippen molar-refractivity contribution in [3.8, 4) is 0 Å². The molecule has 2 aliphatic rings. The van der Waals surface area contributed by atoms with E-state index in [1.807, 2.05) is 12.1 Å². The van der Waals surface area contributed by atoms with Gasteiger partial charge >= 0.3 is 0 Å². The lowest BCUT2D eigenvalue weighted by atomic mass is 9.94. The predicted octanol–water partition coefficient (Wildman–Crippen LogP) is 4.67. The summed E-state index contributed by atoms with van der Waals surface area (Å²) in [5.41, 5.74) is 2.47. The Bertz CT molecular complexity index is 1040. The first kappa shape index (κ1) is 24.9. The third-order valence-corrected chi connectivity index (χ3v) is 7.28. The van der Waals surface area contributed by atoms with E-state index >= 15 is 0 Å². The normalized spacial score (nSPS) is 18.0. The number of nitro groups is 1. The van der Waals surface area contributed by atoms with Crippen molar-refractivity contribution in [2.24, 2.45) is 5.92 Å². The van der Waals surface area contributed by atoms with Gasteiger partial charge in [-0.15, -0.1) is 0 Å². The first-order valence-electron chi connectivity index (χ1n) is 12.5. The van der Waals surface area contributed by atoms with Crippen molar-refractivity contribution in [3.63, 3.8) is 0 Å². The van der Waals surface area contributed by atoms with Gasteiger partial charge in [0.25, 0.3) is 11.6 Å². The van der Waals surface area contributed by atoms with Crippen molar-refractivity contribution in [2.75, 3.05) is 31.5 Å². The number of nitrogens with zero attached hydrogens (tertiary/aromatic N) is 3. The average molecular weight is 479 g/mol. The lowest BCUT2D eigenvalue weighted by Gasteiger charge is -2.40. The summed E-state index contributed by atoms with van der Waals surface area (Å²) in [6, 6.07) is 13.6. The predicted molar refractivity (Wildman–Crippen MR) is 135 cm³/mol. The zero-order chi connectivity index (χ0) is 24.9. The van der Waals surface area contributed by atoms with Gasteiger partial charge in [0.2, 0.25) is 5.91 Å². The summed E-state index contributed by atoms with van der Waals surface area (Å²) in [7, 11) is 0. The van der Waals surface area contributed by atoms with E-state index in [9.17, 15) is 19.7 Å². The Morgan fingerprint density at radius 1 is 0.943 bits per heavy atom. The van der Waals surface area contributed by atoms with Crippen LogP contribution in [-0.4, -0.2) is 58.8 Å². The molecule has 2 fully saturated rings. The molecule has 0 radical (unpaired) electrons. The third kappa shape index (κ3) is 5.88. The molecule has 0 unspecified atom stereocenters. The molecule has 0 aromatic heterocycles. The molecule has 1 heterocycles. The van der Waals surface area contributed by atoms with Crippen LogP contribution in [0.4, 0.5) is 11.4 Å². The Balaban J connectivity index is 1.40. The molecule has 2 amide bonds. The Morgan fingerprint density at radius 2 is 1.54 bits per heavy atom. The van der Waals surface area contributed by atoms with Crippen LogP contribution in [0.1, 0.15) is 61.4 Å². The molecule has 1 N–H and O–H groups in total. The summed E-state index contributed by atoms with van der Waals surface area (Å²) in [6.45, 7) is 6.59. The van der Waals surface area contributed by atoms with Gasteiger partial charge in [-0.05, 0) is 54.5 Å². The number of piperazine rings is 1. The molecule has 1 aliphatic carbocycles. The van der Waals surface area contributed by atoms with Gasteiger partial charge in [-0.2, -0.15) is 0 Å². The minimum absolute atomic E-state index is 0.0318. The zero-order valence-electron chi connectivity index (χ0n) is 20.5. The molecule has 186 valence electrons. The van der Waals surface area contributed by atoms with Gasteiger partial charge in [-0.3, -0.25) is 24.6 Å². The Hall–Kier alpha value is -3.26. The highest BCUT2D eigenvalue weighted by Crippen LogP contribution is 2.32. The van der Waals surface area contributed by atoms with Crippen LogP contribution < -0.4 is 5.32 Å². The first-order chi connectivity index (χ1) is 16.8. The summed E-state index contributed by atoms with van der Waals surface area (Å²) >= 11 is 0. The molecule has 2 aromatic rings. The van der Waals surface area contributed by atoms with Crippen molar-refractivity contribution in [2.45, 2.75) is 51.5 Å². The van der Waals surface area contributed by atoms with Crippen LogP contribution in [0.3, 0.4) is 0 Å². The van der Waals surface area contributed by atoms with Crippen molar-refractivity contribution < 1.29 is 14.5 Å². The molecule has 1 saturated heterocycles. The molecule has 1 saturated carbocycles. The van der Waals surface area contributed by atoms with Crippen LogP contribution >= 0.6 is 0 Å². The summed E-state index contributed by atoms with van der Waals surface area (Å²) in [5, 5.41) is 14.0. The van der Waals surface area contributed by atoms with E-state index in [0.29, 0.717) is 43.6 Å². The number of carbonyl (C=O) groups is 2. The van der Waals surface area contributed by atoms with Crippen molar-refractivity contribution in [1.82, 2.24) is 9.80 Å². The molecule has 8 heteroatoms. The monoisotopic (exact) mass is 478 g/mol. The van der Waals surface area contributed by atoms with Gasteiger partial charge in [0.05, 0.1) is 11.0 Å². The number of hydrogen-bond donors (Lipinski definition) is 1. The number of non-ortho nitro benzene ring substituents is 1. The highest BCUT2D eigenvalue weighted by molar-refractivity contribution is 5.96. The van der Waals surface area contributed by atoms with E-state index in [4.69, 9.17) is 0 Å². The second-order valence-corrected chi connectivity index (χ2v) is 9.89. The maximum atomic E-state index is 13.5. The summed E-state index contributed by atoms with van der Waals surface area (Å²) in [6.07, 6.45) is 4.39. The second kappa shape index (κ2) is 11.0. The zero-order valence-corrected chi connectivity index (χ0v) is 20.5. The highest BCUT2D eigenvalue weighted by Gasteiger charge is 2.37.